The summed E-state index contributed by atoms with van der Waals surface area (Å²) in [6.45, 7) is 5.92. The molecule has 0 saturated heterocycles. The van der Waals surface area contributed by atoms with E-state index in [-0.39, 0.29) is 11.3 Å². The van der Waals surface area contributed by atoms with Crippen LogP contribution in [0.1, 0.15) is 23.8 Å². The summed E-state index contributed by atoms with van der Waals surface area (Å²) in [4.78, 5) is 32.0. The van der Waals surface area contributed by atoms with E-state index < -0.39 is 0 Å². The van der Waals surface area contributed by atoms with Crippen molar-refractivity contribution in [1.82, 2.24) is 9.55 Å². The lowest BCUT2D eigenvalue weighted by Crippen LogP contribution is -2.24. The quantitative estimate of drug-likeness (QED) is 0.450. The molecule has 0 aliphatic rings. The van der Waals surface area contributed by atoms with Crippen molar-refractivity contribution >= 4 is 27.3 Å². The molecule has 146 valence electrons. The van der Waals surface area contributed by atoms with Gasteiger partial charge in [-0.3, -0.25) is 14.2 Å². The maximum absolute atomic E-state index is 13.6. The number of hydrogen-bond acceptors (Lipinski definition) is 4. The van der Waals surface area contributed by atoms with Crippen molar-refractivity contribution in [2.75, 3.05) is 0 Å². The van der Waals surface area contributed by atoms with E-state index in [2.05, 4.69) is 0 Å². The Kier molecular flexibility index (Phi) is 5.16. The fourth-order valence-electron chi connectivity index (χ4n) is 3.55. The monoisotopic (exact) mass is 402 g/mol. The van der Waals surface area contributed by atoms with Crippen LogP contribution in [-0.4, -0.2) is 15.3 Å². The molecule has 0 fully saturated rings. The smallest absolute Gasteiger partial charge is 0.263 e. The zero-order valence-electron chi connectivity index (χ0n) is 16.7. The molecule has 0 radical (unpaired) electrons. The molecular formula is C24H22N2O2S. The Bertz CT molecular complexity index is 1250. The second-order valence-corrected chi connectivity index (χ2v) is 8.49. The molecule has 29 heavy (non-hydrogen) atoms. The zero-order chi connectivity index (χ0) is 20.5. The van der Waals surface area contributed by atoms with Crippen LogP contribution >= 0.6 is 11.3 Å². The molecule has 0 unspecified atom stereocenters. The van der Waals surface area contributed by atoms with E-state index in [9.17, 15) is 9.59 Å². The van der Waals surface area contributed by atoms with Crippen molar-refractivity contribution in [2.24, 2.45) is 0 Å². The maximum Gasteiger partial charge on any atom is 0.263 e. The van der Waals surface area contributed by atoms with Crippen molar-refractivity contribution in [3.8, 4) is 22.5 Å². The minimum absolute atomic E-state index is 0.0524. The van der Waals surface area contributed by atoms with Crippen LogP contribution in [0.15, 0.2) is 59.4 Å². The average molecular weight is 403 g/mol. The van der Waals surface area contributed by atoms with Crippen LogP contribution in [0.25, 0.3) is 32.7 Å². The lowest BCUT2D eigenvalue weighted by Gasteiger charge is -2.13. The minimum atomic E-state index is -0.0879. The number of carbonyl (C=O) groups is 1. The third kappa shape index (κ3) is 3.66. The summed E-state index contributed by atoms with van der Waals surface area (Å²) < 4.78 is 1.66. The molecule has 0 bridgehead atoms. The van der Waals surface area contributed by atoms with E-state index in [0.29, 0.717) is 24.2 Å². The highest BCUT2D eigenvalue weighted by molar-refractivity contribution is 7.19. The first-order valence-corrected chi connectivity index (χ1v) is 10.4. The van der Waals surface area contributed by atoms with Gasteiger partial charge in [0.05, 0.1) is 5.39 Å². The molecular weight excluding hydrogens is 380 g/mol. The van der Waals surface area contributed by atoms with Gasteiger partial charge in [0.25, 0.3) is 5.56 Å². The largest absolute Gasteiger partial charge is 0.300 e. The summed E-state index contributed by atoms with van der Waals surface area (Å²) in [5, 5.41) is 0.637. The Hall–Kier alpha value is -3.05. The fraction of sp³-hybridized carbons (Fsp3) is 0.208. The molecule has 2 heterocycles. The number of aryl methyl sites for hydroxylation is 2. The predicted octanol–water partition coefficient (Wildman–Crippen LogP) is 5.39. The summed E-state index contributed by atoms with van der Waals surface area (Å²) in [5.74, 6) is 0.668. The number of ketones is 1. The highest BCUT2D eigenvalue weighted by Crippen LogP contribution is 2.36. The topological polar surface area (TPSA) is 52.0 Å². The van der Waals surface area contributed by atoms with Gasteiger partial charge >= 0.3 is 0 Å². The number of benzene rings is 2. The summed E-state index contributed by atoms with van der Waals surface area (Å²) in [7, 11) is 0. The maximum atomic E-state index is 13.6. The average Bonchev–Trinajstić information content (AvgIpc) is 3.04. The molecule has 0 saturated carbocycles. The molecule has 2 aromatic heterocycles. The molecule has 0 spiro atoms. The first-order valence-electron chi connectivity index (χ1n) is 9.61. The Labute approximate surface area is 173 Å². The molecule has 5 heteroatoms. The SMILES string of the molecule is CC(=O)CCn1c(-c2ccc(C)cc2)nc2sc(C)c(-c3ccccc3)c2c1=O. The number of carbonyl (C=O) groups excluding carboxylic acids is 1. The van der Waals surface area contributed by atoms with Crippen LogP contribution in [0.2, 0.25) is 0 Å². The van der Waals surface area contributed by atoms with Crippen molar-refractivity contribution in [1.29, 1.82) is 0 Å². The number of fused-ring (bicyclic) bond motifs is 1. The van der Waals surface area contributed by atoms with Gasteiger partial charge in [0, 0.05) is 29.0 Å². The summed E-state index contributed by atoms with van der Waals surface area (Å²) in [5.41, 5.74) is 3.89. The molecule has 0 aliphatic heterocycles. The molecule has 0 atom stereocenters. The Morgan fingerprint density at radius 1 is 1.00 bits per heavy atom. The molecule has 4 nitrogen and oxygen atoms in total. The van der Waals surface area contributed by atoms with Gasteiger partial charge in [0.2, 0.25) is 0 Å². The van der Waals surface area contributed by atoms with Crippen molar-refractivity contribution < 1.29 is 4.79 Å². The Morgan fingerprint density at radius 2 is 1.69 bits per heavy atom. The highest BCUT2D eigenvalue weighted by Gasteiger charge is 2.20. The minimum Gasteiger partial charge on any atom is -0.300 e. The molecule has 0 amide bonds. The Morgan fingerprint density at radius 3 is 2.34 bits per heavy atom. The fourth-order valence-corrected chi connectivity index (χ4v) is 4.58. The summed E-state index contributed by atoms with van der Waals surface area (Å²) >= 11 is 1.54. The first kappa shape index (κ1) is 19.3. The van der Waals surface area contributed by atoms with Crippen molar-refractivity contribution in [3.63, 3.8) is 0 Å². The van der Waals surface area contributed by atoms with E-state index in [0.717, 1.165) is 32.0 Å². The zero-order valence-corrected chi connectivity index (χ0v) is 17.5. The standard InChI is InChI=1S/C24H22N2O2S/c1-15-9-11-19(12-10-15)22-25-23-21(24(28)26(22)14-13-16(2)27)20(17(3)29-23)18-7-5-4-6-8-18/h4-12H,13-14H2,1-3H3. The number of Topliss-reactive ketones (excluding diaryl/α,β-unsaturated/α-hetero) is 1. The Balaban J connectivity index is 2.01. The molecule has 2 aromatic carbocycles. The normalized spacial score (nSPS) is 11.1. The second-order valence-electron chi connectivity index (χ2n) is 7.29. The first-order chi connectivity index (χ1) is 14.0. The second kappa shape index (κ2) is 7.76. The van der Waals surface area contributed by atoms with Crippen molar-refractivity contribution in [3.05, 3.63) is 75.4 Å². The van der Waals surface area contributed by atoms with Crippen molar-refractivity contribution in [2.45, 2.75) is 33.7 Å². The summed E-state index contributed by atoms with van der Waals surface area (Å²) in [6, 6.07) is 17.9. The van der Waals surface area contributed by atoms with E-state index in [1.165, 1.54) is 0 Å². The number of nitrogens with zero attached hydrogens (tertiary/aromatic N) is 2. The molecule has 4 aromatic rings. The van der Waals surface area contributed by atoms with Gasteiger partial charge in [-0.2, -0.15) is 0 Å². The molecule has 0 N–H and O–H groups in total. The molecule has 4 rings (SSSR count). The van der Waals surface area contributed by atoms with Crippen LogP contribution in [0.4, 0.5) is 0 Å². The number of rotatable bonds is 5. The van der Waals surface area contributed by atoms with Gasteiger partial charge < -0.3 is 0 Å². The van der Waals surface area contributed by atoms with Gasteiger partial charge in [-0.15, -0.1) is 11.3 Å². The van der Waals surface area contributed by atoms with E-state index in [1.807, 2.05) is 68.4 Å². The number of hydrogen-bond donors (Lipinski definition) is 0. The van der Waals surface area contributed by atoms with Crippen LogP contribution in [0.3, 0.4) is 0 Å². The van der Waals surface area contributed by atoms with Gasteiger partial charge in [-0.1, -0.05) is 60.2 Å². The van der Waals surface area contributed by atoms with E-state index >= 15 is 0 Å². The third-order valence-electron chi connectivity index (χ3n) is 5.05. The number of aromatic nitrogens is 2. The van der Waals surface area contributed by atoms with Crippen LogP contribution in [0, 0.1) is 13.8 Å². The predicted molar refractivity (Wildman–Crippen MR) is 120 cm³/mol. The van der Waals surface area contributed by atoms with Gasteiger partial charge in [-0.25, -0.2) is 4.98 Å². The lowest BCUT2D eigenvalue weighted by atomic mass is 10.0. The number of thiophene rings is 1. The van der Waals surface area contributed by atoms with E-state index in [4.69, 9.17) is 4.98 Å². The van der Waals surface area contributed by atoms with E-state index in [1.54, 1.807) is 22.8 Å². The van der Waals surface area contributed by atoms with Gasteiger partial charge in [0.1, 0.15) is 16.4 Å². The summed E-state index contributed by atoms with van der Waals surface area (Å²) in [6.07, 6.45) is 0.301. The van der Waals surface area contributed by atoms with Gasteiger partial charge in [-0.05, 0) is 26.3 Å². The van der Waals surface area contributed by atoms with Crippen LogP contribution in [-0.2, 0) is 11.3 Å². The molecule has 0 aliphatic carbocycles. The van der Waals surface area contributed by atoms with Gasteiger partial charge in [0.15, 0.2) is 0 Å². The van der Waals surface area contributed by atoms with Crippen LogP contribution < -0.4 is 5.56 Å². The highest BCUT2D eigenvalue weighted by atomic mass is 32.1. The van der Waals surface area contributed by atoms with Crippen LogP contribution in [0.5, 0.6) is 0 Å². The third-order valence-corrected chi connectivity index (χ3v) is 6.05. The lowest BCUT2D eigenvalue weighted by molar-refractivity contribution is -0.117.